The van der Waals surface area contributed by atoms with Crippen molar-refractivity contribution in [2.45, 2.75) is 18.8 Å². The molecule has 2 nitrogen and oxygen atoms in total. The van der Waals surface area contributed by atoms with E-state index in [0.29, 0.717) is 0 Å². The molecule has 1 aliphatic rings. The van der Waals surface area contributed by atoms with E-state index in [2.05, 4.69) is 16.3 Å². The molecule has 1 heterocycles. The standard InChI is InChI=1S/C12H11ClN2/c13-10-5-3-9(4-6-10)12-7-11(14-15-12)8-1-2-8/h3-8H,1-2H2,(H,14,15). The topological polar surface area (TPSA) is 28.7 Å². The number of aromatic nitrogens is 2. The highest BCUT2D eigenvalue weighted by molar-refractivity contribution is 6.30. The van der Waals surface area contributed by atoms with E-state index in [-0.39, 0.29) is 0 Å². The molecule has 1 saturated carbocycles. The second-order valence-electron chi connectivity index (χ2n) is 3.99. The molecule has 0 unspecified atom stereocenters. The monoisotopic (exact) mass is 218 g/mol. The lowest BCUT2D eigenvalue weighted by atomic mass is 10.1. The number of rotatable bonds is 2. The van der Waals surface area contributed by atoms with Gasteiger partial charge in [-0.2, -0.15) is 5.10 Å². The highest BCUT2D eigenvalue weighted by Crippen LogP contribution is 2.39. The summed E-state index contributed by atoms with van der Waals surface area (Å²) >= 11 is 5.84. The van der Waals surface area contributed by atoms with Crippen molar-refractivity contribution in [3.63, 3.8) is 0 Å². The van der Waals surface area contributed by atoms with E-state index in [1.165, 1.54) is 18.5 Å². The Kier molecular flexibility index (Phi) is 2.03. The maximum Gasteiger partial charge on any atom is 0.0923 e. The number of nitrogens with zero attached hydrogens (tertiary/aromatic N) is 1. The Balaban J connectivity index is 1.93. The van der Waals surface area contributed by atoms with E-state index < -0.39 is 0 Å². The van der Waals surface area contributed by atoms with Gasteiger partial charge in [-0.15, -0.1) is 0 Å². The van der Waals surface area contributed by atoms with Crippen molar-refractivity contribution in [3.05, 3.63) is 41.0 Å². The molecule has 0 spiro atoms. The van der Waals surface area contributed by atoms with Crippen LogP contribution in [0.25, 0.3) is 11.3 Å². The number of H-pyrrole nitrogens is 1. The van der Waals surface area contributed by atoms with Crippen molar-refractivity contribution in [1.82, 2.24) is 10.2 Å². The SMILES string of the molecule is Clc1ccc(-c2cc(C3CC3)[nH]n2)cc1. The molecule has 2 aromatic rings. The van der Waals surface area contributed by atoms with Gasteiger partial charge in [0.1, 0.15) is 0 Å². The largest absolute Gasteiger partial charge is 0.282 e. The number of aromatic amines is 1. The maximum absolute atomic E-state index is 5.84. The molecule has 15 heavy (non-hydrogen) atoms. The molecule has 1 aliphatic carbocycles. The summed E-state index contributed by atoms with van der Waals surface area (Å²) < 4.78 is 0. The fourth-order valence-electron chi connectivity index (χ4n) is 1.71. The van der Waals surface area contributed by atoms with E-state index in [9.17, 15) is 0 Å². The van der Waals surface area contributed by atoms with E-state index >= 15 is 0 Å². The average molecular weight is 219 g/mol. The Bertz CT molecular complexity index is 469. The number of nitrogens with one attached hydrogen (secondary N) is 1. The number of benzene rings is 1. The van der Waals surface area contributed by atoms with Crippen LogP contribution < -0.4 is 0 Å². The Labute approximate surface area is 93.3 Å². The van der Waals surface area contributed by atoms with Crippen LogP contribution in [-0.4, -0.2) is 10.2 Å². The van der Waals surface area contributed by atoms with Crippen LogP contribution in [0.1, 0.15) is 24.5 Å². The van der Waals surface area contributed by atoms with Crippen LogP contribution in [0.5, 0.6) is 0 Å². The zero-order valence-corrected chi connectivity index (χ0v) is 8.96. The molecule has 1 aromatic carbocycles. The average Bonchev–Trinajstić information content (AvgIpc) is 2.99. The molecule has 0 radical (unpaired) electrons. The summed E-state index contributed by atoms with van der Waals surface area (Å²) in [5, 5.41) is 8.17. The summed E-state index contributed by atoms with van der Waals surface area (Å²) in [6.07, 6.45) is 2.59. The van der Waals surface area contributed by atoms with Gasteiger partial charge in [0.15, 0.2) is 0 Å². The predicted octanol–water partition coefficient (Wildman–Crippen LogP) is 3.61. The normalized spacial score (nSPS) is 15.5. The Hall–Kier alpha value is -1.28. The van der Waals surface area contributed by atoms with Gasteiger partial charge in [0.05, 0.1) is 5.69 Å². The molecule has 0 amide bonds. The van der Waals surface area contributed by atoms with Gasteiger partial charge in [-0.3, -0.25) is 5.10 Å². The maximum atomic E-state index is 5.84. The summed E-state index contributed by atoms with van der Waals surface area (Å²) in [4.78, 5) is 0. The summed E-state index contributed by atoms with van der Waals surface area (Å²) in [7, 11) is 0. The zero-order valence-electron chi connectivity index (χ0n) is 8.20. The van der Waals surface area contributed by atoms with E-state index in [1.807, 2.05) is 24.3 Å². The third-order valence-electron chi connectivity index (χ3n) is 2.75. The summed E-state index contributed by atoms with van der Waals surface area (Å²) in [6, 6.07) is 9.91. The van der Waals surface area contributed by atoms with Gasteiger partial charge in [-0.05, 0) is 31.0 Å². The molecule has 0 atom stereocenters. The predicted molar refractivity (Wildman–Crippen MR) is 61.0 cm³/mol. The van der Waals surface area contributed by atoms with Gasteiger partial charge in [0.2, 0.25) is 0 Å². The van der Waals surface area contributed by atoms with Gasteiger partial charge in [-0.25, -0.2) is 0 Å². The van der Waals surface area contributed by atoms with Crippen LogP contribution in [-0.2, 0) is 0 Å². The zero-order chi connectivity index (χ0) is 10.3. The van der Waals surface area contributed by atoms with Crippen molar-refractivity contribution in [2.75, 3.05) is 0 Å². The molecule has 3 rings (SSSR count). The molecule has 0 bridgehead atoms. The van der Waals surface area contributed by atoms with E-state index in [0.717, 1.165) is 22.2 Å². The van der Waals surface area contributed by atoms with Crippen LogP contribution in [0.2, 0.25) is 5.02 Å². The lowest BCUT2D eigenvalue weighted by Crippen LogP contribution is -1.77. The number of hydrogen-bond acceptors (Lipinski definition) is 1. The third kappa shape index (κ3) is 1.77. The minimum atomic E-state index is 0.721. The Morgan fingerprint density at radius 3 is 2.60 bits per heavy atom. The fraction of sp³-hybridized carbons (Fsp3) is 0.250. The number of halogens is 1. The molecule has 1 fully saturated rings. The lowest BCUT2D eigenvalue weighted by molar-refractivity contribution is 0.967. The van der Waals surface area contributed by atoms with Crippen LogP contribution in [0, 0.1) is 0 Å². The molecule has 1 aromatic heterocycles. The first-order valence-electron chi connectivity index (χ1n) is 5.14. The van der Waals surface area contributed by atoms with Crippen molar-refractivity contribution in [2.24, 2.45) is 0 Å². The van der Waals surface area contributed by atoms with Gasteiger partial charge in [-0.1, -0.05) is 23.7 Å². The second-order valence-corrected chi connectivity index (χ2v) is 4.43. The quantitative estimate of drug-likeness (QED) is 0.820. The highest BCUT2D eigenvalue weighted by atomic mass is 35.5. The molecule has 3 heteroatoms. The first-order valence-corrected chi connectivity index (χ1v) is 5.52. The lowest BCUT2D eigenvalue weighted by Gasteiger charge is -1.94. The van der Waals surface area contributed by atoms with Crippen LogP contribution in [0.4, 0.5) is 0 Å². The molecular weight excluding hydrogens is 208 g/mol. The molecule has 0 saturated heterocycles. The molecule has 76 valence electrons. The van der Waals surface area contributed by atoms with E-state index in [1.54, 1.807) is 0 Å². The van der Waals surface area contributed by atoms with Crippen molar-refractivity contribution in [1.29, 1.82) is 0 Å². The van der Waals surface area contributed by atoms with Gasteiger partial charge < -0.3 is 0 Å². The van der Waals surface area contributed by atoms with Crippen LogP contribution >= 0.6 is 11.6 Å². The van der Waals surface area contributed by atoms with E-state index in [4.69, 9.17) is 11.6 Å². The summed E-state index contributed by atoms with van der Waals surface area (Å²) in [6.45, 7) is 0. The molecule has 0 aliphatic heterocycles. The molecular formula is C12H11ClN2. The third-order valence-corrected chi connectivity index (χ3v) is 3.01. The second kappa shape index (κ2) is 3.38. The van der Waals surface area contributed by atoms with Gasteiger partial charge in [0, 0.05) is 22.2 Å². The smallest absolute Gasteiger partial charge is 0.0923 e. The first-order chi connectivity index (χ1) is 7.33. The summed E-state index contributed by atoms with van der Waals surface area (Å²) in [5.41, 5.74) is 3.39. The van der Waals surface area contributed by atoms with Gasteiger partial charge >= 0.3 is 0 Å². The minimum Gasteiger partial charge on any atom is -0.282 e. The first kappa shape index (κ1) is 8.98. The minimum absolute atomic E-state index is 0.721. The highest BCUT2D eigenvalue weighted by Gasteiger charge is 2.25. The van der Waals surface area contributed by atoms with Crippen molar-refractivity contribution < 1.29 is 0 Å². The Morgan fingerprint density at radius 2 is 1.93 bits per heavy atom. The van der Waals surface area contributed by atoms with Gasteiger partial charge in [0.25, 0.3) is 0 Å². The van der Waals surface area contributed by atoms with Crippen molar-refractivity contribution in [3.8, 4) is 11.3 Å². The summed E-state index contributed by atoms with van der Waals surface area (Å²) in [5.74, 6) is 0.721. The fourth-order valence-corrected chi connectivity index (χ4v) is 1.83. The number of hydrogen-bond donors (Lipinski definition) is 1. The van der Waals surface area contributed by atoms with Crippen molar-refractivity contribution >= 4 is 11.6 Å². The van der Waals surface area contributed by atoms with Crippen LogP contribution in [0.3, 0.4) is 0 Å². The van der Waals surface area contributed by atoms with Crippen LogP contribution in [0.15, 0.2) is 30.3 Å². The Morgan fingerprint density at radius 1 is 1.20 bits per heavy atom. The molecule has 1 N–H and O–H groups in total.